The van der Waals surface area contributed by atoms with Crippen LogP contribution >= 0.6 is 0 Å². The van der Waals surface area contributed by atoms with E-state index in [9.17, 15) is 9.90 Å². The summed E-state index contributed by atoms with van der Waals surface area (Å²) < 4.78 is 9.76. The Labute approximate surface area is 119 Å². The molecule has 0 heterocycles. The molecule has 2 unspecified atom stereocenters. The number of ether oxygens (including phenoxy) is 2. The summed E-state index contributed by atoms with van der Waals surface area (Å²) in [5, 5.41) is 13.6. The van der Waals surface area contributed by atoms with Crippen LogP contribution in [0.2, 0.25) is 0 Å². The molecule has 1 aromatic rings. The van der Waals surface area contributed by atoms with Gasteiger partial charge in [0.25, 0.3) is 0 Å². The fraction of sp³-hybridized carbons (Fsp3) is 0.533. The van der Waals surface area contributed by atoms with Crippen LogP contribution in [-0.2, 0) is 9.53 Å². The van der Waals surface area contributed by atoms with Crippen molar-refractivity contribution in [2.45, 2.75) is 38.5 Å². The number of carbonyl (C=O) groups is 1. The lowest BCUT2D eigenvalue weighted by Gasteiger charge is -2.25. The second-order valence-electron chi connectivity index (χ2n) is 4.93. The minimum atomic E-state index is -0.789. The van der Waals surface area contributed by atoms with Gasteiger partial charge < -0.3 is 19.9 Å². The highest BCUT2D eigenvalue weighted by atomic mass is 16.5. The minimum Gasteiger partial charge on any atom is -0.497 e. The number of carbonyl (C=O) groups excluding carboxylic acids is 1. The molecule has 0 fully saturated rings. The van der Waals surface area contributed by atoms with E-state index in [-0.39, 0.29) is 18.4 Å². The number of nitrogens with one attached hydrogen (secondary N) is 1. The largest absolute Gasteiger partial charge is 0.497 e. The quantitative estimate of drug-likeness (QED) is 0.744. The summed E-state index contributed by atoms with van der Waals surface area (Å²) in [4.78, 5) is 11.4. The molecule has 2 N–H and O–H groups in total. The van der Waals surface area contributed by atoms with E-state index in [0.29, 0.717) is 0 Å². The predicted molar refractivity (Wildman–Crippen MR) is 76.6 cm³/mol. The molecule has 5 heteroatoms. The van der Waals surface area contributed by atoms with Crippen molar-refractivity contribution in [1.82, 2.24) is 5.32 Å². The number of aliphatic hydroxyl groups excluding tert-OH is 1. The number of methoxy groups -OCH3 is 2. The molecule has 20 heavy (non-hydrogen) atoms. The van der Waals surface area contributed by atoms with Crippen molar-refractivity contribution >= 4 is 5.97 Å². The monoisotopic (exact) mass is 281 g/mol. The van der Waals surface area contributed by atoms with E-state index in [1.165, 1.54) is 7.11 Å². The first-order valence-corrected chi connectivity index (χ1v) is 6.62. The zero-order valence-corrected chi connectivity index (χ0v) is 12.4. The fourth-order valence-corrected chi connectivity index (χ4v) is 1.99. The van der Waals surface area contributed by atoms with Gasteiger partial charge in [0.2, 0.25) is 0 Å². The smallest absolute Gasteiger partial charge is 0.307 e. The summed E-state index contributed by atoms with van der Waals surface area (Å²) in [6.07, 6.45) is -0.676. The van der Waals surface area contributed by atoms with E-state index in [1.54, 1.807) is 31.4 Å². The predicted octanol–water partition coefficient (Wildman–Crippen LogP) is 1.66. The van der Waals surface area contributed by atoms with Gasteiger partial charge in [-0.3, -0.25) is 4.79 Å². The molecule has 0 bridgehead atoms. The van der Waals surface area contributed by atoms with Gasteiger partial charge in [-0.2, -0.15) is 0 Å². The number of hydrogen-bond donors (Lipinski definition) is 2. The van der Waals surface area contributed by atoms with E-state index in [1.807, 2.05) is 13.8 Å². The summed E-state index contributed by atoms with van der Waals surface area (Å²) in [6, 6.07) is 6.89. The first-order chi connectivity index (χ1) is 9.47. The number of rotatable bonds is 7. The maximum absolute atomic E-state index is 11.4. The summed E-state index contributed by atoms with van der Waals surface area (Å²) in [5.74, 6) is 0.373. The Morgan fingerprint density at radius 2 is 1.85 bits per heavy atom. The Balaban J connectivity index is 2.84. The van der Waals surface area contributed by atoms with Crippen LogP contribution in [0.15, 0.2) is 24.3 Å². The molecule has 0 radical (unpaired) electrons. The zero-order chi connectivity index (χ0) is 15.1. The van der Waals surface area contributed by atoms with Crippen LogP contribution in [0.4, 0.5) is 0 Å². The van der Waals surface area contributed by atoms with Crippen molar-refractivity contribution < 1.29 is 19.4 Å². The van der Waals surface area contributed by atoms with E-state index in [2.05, 4.69) is 10.1 Å². The standard InChI is InChI=1S/C15H23NO4/c1-10(2)16-13(9-14(17)20-4)15(18)11-5-7-12(19-3)8-6-11/h5-8,10,13,15-16,18H,9H2,1-4H3. The van der Waals surface area contributed by atoms with Gasteiger partial charge >= 0.3 is 5.97 Å². The highest BCUT2D eigenvalue weighted by molar-refractivity contribution is 5.70. The van der Waals surface area contributed by atoms with E-state index >= 15 is 0 Å². The molecule has 0 saturated heterocycles. The Kier molecular flexibility index (Phi) is 6.48. The third kappa shape index (κ3) is 4.83. The lowest BCUT2D eigenvalue weighted by molar-refractivity contribution is -0.142. The highest BCUT2D eigenvalue weighted by Crippen LogP contribution is 2.22. The normalized spacial score (nSPS) is 13.9. The Hall–Kier alpha value is -1.59. The lowest BCUT2D eigenvalue weighted by atomic mass is 9.99. The molecule has 0 aromatic heterocycles. The van der Waals surface area contributed by atoms with Crippen molar-refractivity contribution in [2.75, 3.05) is 14.2 Å². The third-order valence-corrected chi connectivity index (χ3v) is 3.00. The van der Waals surface area contributed by atoms with Gasteiger partial charge in [0.05, 0.1) is 26.7 Å². The van der Waals surface area contributed by atoms with Gasteiger partial charge in [-0.05, 0) is 17.7 Å². The molecule has 1 rings (SSSR count). The second-order valence-corrected chi connectivity index (χ2v) is 4.93. The average molecular weight is 281 g/mol. The second kappa shape index (κ2) is 7.87. The average Bonchev–Trinajstić information content (AvgIpc) is 2.45. The van der Waals surface area contributed by atoms with E-state index in [0.717, 1.165) is 11.3 Å². The molecule has 2 atom stereocenters. The molecular formula is C15H23NO4. The van der Waals surface area contributed by atoms with E-state index in [4.69, 9.17) is 4.74 Å². The number of hydrogen-bond acceptors (Lipinski definition) is 5. The molecular weight excluding hydrogens is 258 g/mol. The first kappa shape index (κ1) is 16.5. The maximum atomic E-state index is 11.4. The zero-order valence-electron chi connectivity index (χ0n) is 12.4. The van der Waals surface area contributed by atoms with Crippen molar-refractivity contribution in [1.29, 1.82) is 0 Å². The SMILES string of the molecule is COC(=O)CC(NC(C)C)C(O)c1ccc(OC)cc1. The van der Waals surface area contributed by atoms with Gasteiger partial charge in [0, 0.05) is 12.1 Å². The number of aliphatic hydroxyl groups is 1. The highest BCUT2D eigenvalue weighted by Gasteiger charge is 2.24. The molecule has 0 spiro atoms. The van der Waals surface area contributed by atoms with Gasteiger partial charge in [0.15, 0.2) is 0 Å². The van der Waals surface area contributed by atoms with Gasteiger partial charge in [-0.25, -0.2) is 0 Å². The van der Waals surface area contributed by atoms with E-state index < -0.39 is 12.1 Å². The first-order valence-electron chi connectivity index (χ1n) is 6.62. The van der Waals surface area contributed by atoms with Crippen LogP contribution in [0.5, 0.6) is 5.75 Å². The lowest BCUT2D eigenvalue weighted by Crippen LogP contribution is -2.41. The van der Waals surface area contributed by atoms with Crippen molar-refractivity contribution in [3.8, 4) is 5.75 Å². The molecule has 0 aliphatic carbocycles. The van der Waals surface area contributed by atoms with Crippen molar-refractivity contribution in [3.63, 3.8) is 0 Å². The van der Waals surface area contributed by atoms with Crippen molar-refractivity contribution in [2.24, 2.45) is 0 Å². The Bertz CT molecular complexity index is 416. The van der Waals surface area contributed by atoms with Crippen LogP contribution in [-0.4, -0.2) is 37.4 Å². The summed E-state index contributed by atoms with van der Waals surface area (Å²) >= 11 is 0. The molecule has 0 aliphatic rings. The van der Waals surface area contributed by atoms with Crippen LogP contribution in [0, 0.1) is 0 Å². The topological polar surface area (TPSA) is 67.8 Å². The fourth-order valence-electron chi connectivity index (χ4n) is 1.99. The Morgan fingerprint density at radius 1 is 1.25 bits per heavy atom. The molecule has 0 aliphatic heterocycles. The number of esters is 1. The summed E-state index contributed by atoms with van der Waals surface area (Å²) in [7, 11) is 2.93. The van der Waals surface area contributed by atoms with Crippen LogP contribution in [0.3, 0.4) is 0 Å². The van der Waals surface area contributed by atoms with Gasteiger partial charge in [0.1, 0.15) is 5.75 Å². The van der Waals surface area contributed by atoms with Crippen LogP contribution < -0.4 is 10.1 Å². The van der Waals surface area contributed by atoms with Crippen LogP contribution in [0.1, 0.15) is 31.9 Å². The van der Waals surface area contributed by atoms with Crippen molar-refractivity contribution in [3.05, 3.63) is 29.8 Å². The minimum absolute atomic E-state index is 0.113. The molecule has 0 amide bonds. The maximum Gasteiger partial charge on any atom is 0.307 e. The molecule has 0 saturated carbocycles. The van der Waals surface area contributed by atoms with Gasteiger partial charge in [-0.15, -0.1) is 0 Å². The Morgan fingerprint density at radius 3 is 2.30 bits per heavy atom. The molecule has 112 valence electrons. The summed E-state index contributed by atoms with van der Waals surface area (Å²) in [6.45, 7) is 3.93. The summed E-state index contributed by atoms with van der Waals surface area (Å²) in [5.41, 5.74) is 0.729. The molecule has 5 nitrogen and oxygen atoms in total. The molecule has 1 aromatic carbocycles. The number of benzene rings is 1. The third-order valence-electron chi connectivity index (χ3n) is 3.00. The van der Waals surface area contributed by atoms with Crippen LogP contribution in [0.25, 0.3) is 0 Å². The van der Waals surface area contributed by atoms with Gasteiger partial charge in [-0.1, -0.05) is 26.0 Å².